The van der Waals surface area contributed by atoms with Crippen molar-refractivity contribution in [2.45, 2.75) is 38.8 Å². The number of likely N-dealkylation sites (tertiary alicyclic amines) is 1. The van der Waals surface area contributed by atoms with Gasteiger partial charge in [-0.3, -0.25) is 14.6 Å². The van der Waals surface area contributed by atoms with E-state index in [0.717, 1.165) is 48.0 Å². The maximum atomic E-state index is 12.8. The second-order valence-corrected chi connectivity index (χ2v) is 8.49. The summed E-state index contributed by atoms with van der Waals surface area (Å²) in [6.07, 6.45) is 4.37. The minimum Gasteiger partial charge on any atom is -0.299 e. The van der Waals surface area contributed by atoms with Crippen LogP contribution in [0.2, 0.25) is 0 Å². The Balaban J connectivity index is 1.46. The molecule has 0 spiro atoms. The molecule has 0 bridgehead atoms. The smallest absolute Gasteiger partial charge is 0.228 e. The first kappa shape index (κ1) is 19.8. The minimum atomic E-state index is 0.167. The topological polar surface area (TPSA) is 36.4 Å². The van der Waals surface area contributed by atoms with Crippen molar-refractivity contribution in [1.29, 1.82) is 0 Å². The SMILES string of the molecule is CCC(=O)N(c1ncc(-c2ccccc2)s1)C1CCN(Cc2ccccc2)CC1. The zero-order valence-corrected chi connectivity index (χ0v) is 17.6. The van der Waals surface area contributed by atoms with E-state index in [9.17, 15) is 4.79 Å². The van der Waals surface area contributed by atoms with Crippen LogP contribution in [0.15, 0.2) is 66.9 Å². The lowest BCUT2D eigenvalue weighted by atomic mass is 10.0. The average Bonchev–Trinajstić information content (AvgIpc) is 3.26. The number of nitrogens with zero attached hydrogens (tertiary/aromatic N) is 3. The molecule has 0 saturated carbocycles. The van der Waals surface area contributed by atoms with E-state index in [1.807, 2.05) is 36.2 Å². The quantitative estimate of drug-likeness (QED) is 0.564. The summed E-state index contributed by atoms with van der Waals surface area (Å²) >= 11 is 1.62. The van der Waals surface area contributed by atoms with Crippen molar-refractivity contribution in [3.63, 3.8) is 0 Å². The third-order valence-corrected chi connectivity index (χ3v) is 6.55. The van der Waals surface area contributed by atoms with Crippen molar-refractivity contribution in [3.8, 4) is 10.4 Å². The molecule has 0 N–H and O–H groups in total. The number of rotatable bonds is 6. The second-order valence-electron chi connectivity index (χ2n) is 7.48. The molecule has 0 radical (unpaired) electrons. The van der Waals surface area contributed by atoms with Crippen LogP contribution < -0.4 is 4.90 Å². The molecule has 1 aliphatic rings. The summed E-state index contributed by atoms with van der Waals surface area (Å²) in [5.41, 5.74) is 2.50. The lowest BCUT2D eigenvalue weighted by Crippen LogP contribution is -2.47. The molecule has 1 amide bonds. The number of amides is 1. The van der Waals surface area contributed by atoms with Gasteiger partial charge in [-0.25, -0.2) is 4.98 Å². The number of thiazole rings is 1. The number of piperidine rings is 1. The Bertz CT molecular complexity index is 918. The Labute approximate surface area is 176 Å². The van der Waals surface area contributed by atoms with Gasteiger partial charge in [-0.15, -0.1) is 0 Å². The van der Waals surface area contributed by atoms with Gasteiger partial charge in [-0.1, -0.05) is 78.9 Å². The van der Waals surface area contributed by atoms with Crippen molar-refractivity contribution in [2.75, 3.05) is 18.0 Å². The van der Waals surface area contributed by atoms with Crippen LogP contribution in [0.5, 0.6) is 0 Å². The van der Waals surface area contributed by atoms with E-state index in [-0.39, 0.29) is 11.9 Å². The number of carbonyl (C=O) groups is 1. The van der Waals surface area contributed by atoms with Crippen LogP contribution in [0, 0.1) is 0 Å². The number of hydrogen-bond donors (Lipinski definition) is 0. The predicted molar refractivity (Wildman–Crippen MR) is 120 cm³/mol. The zero-order chi connectivity index (χ0) is 20.1. The van der Waals surface area contributed by atoms with Crippen molar-refractivity contribution >= 4 is 22.4 Å². The molecule has 1 saturated heterocycles. The Morgan fingerprint density at radius 1 is 1.07 bits per heavy atom. The summed E-state index contributed by atoms with van der Waals surface area (Å²) in [4.78, 5) is 23.0. The number of carbonyl (C=O) groups excluding carboxylic acids is 1. The molecule has 1 fully saturated rings. The number of hydrogen-bond acceptors (Lipinski definition) is 4. The highest BCUT2D eigenvalue weighted by Crippen LogP contribution is 2.34. The van der Waals surface area contributed by atoms with Gasteiger partial charge in [0.1, 0.15) is 0 Å². The second kappa shape index (κ2) is 9.33. The van der Waals surface area contributed by atoms with Crippen LogP contribution in [0.1, 0.15) is 31.7 Å². The number of anilines is 1. The van der Waals surface area contributed by atoms with Gasteiger partial charge in [0.15, 0.2) is 5.13 Å². The molecule has 4 rings (SSSR count). The van der Waals surface area contributed by atoms with Crippen LogP contribution in [0.3, 0.4) is 0 Å². The molecular weight excluding hydrogens is 378 g/mol. The Kier molecular flexibility index (Phi) is 6.37. The van der Waals surface area contributed by atoms with Crippen molar-refractivity contribution in [1.82, 2.24) is 9.88 Å². The van der Waals surface area contributed by atoms with Gasteiger partial charge in [0.05, 0.1) is 4.88 Å². The highest BCUT2D eigenvalue weighted by Gasteiger charge is 2.30. The van der Waals surface area contributed by atoms with Gasteiger partial charge >= 0.3 is 0 Å². The first-order valence-electron chi connectivity index (χ1n) is 10.3. The standard InChI is InChI=1S/C24H27N3OS/c1-2-23(28)27(24-25-17-22(29-24)20-11-7-4-8-12-20)21-13-15-26(16-14-21)18-19-9-5-3-6-10-19/h3-12,17,21H,2,13-16,18H2,1H3. The van der Waals surface area contributed by atoms with Gasteiger partial charge in [0.25, 0.3) is 0 Å². The predicted octanol–water partition coefficient (Wildman–Crippen LogP) is 5.22. The number of benzene rings is 2. The lowest BCUT2D eigenvalue weighted by molar-refractivity contribution is -0.119. The molecule has 29 heavy (non-hydrogen) atoms. The monoisotopic (exact) mass is 405 g/mol. The molecule has 2 aromatic carbocycles. The van der Waals surface area contributed by atoms with Crippen LogP contribution in [-0.4, -0.2) is 34.9 Å². The molecule has 150 valence electrons. The summed E-state index contributed by atoms with van der Waals surface area (Å²) in [5.74, 6) is 0.167. The van der Waals surface area contributed by atoms with Gasteiger partial charge in [-0.2, -0.15) is 0 Å². The van der Waals surface area contributed by atoms with Gasteiger partial charge in [0, 0.05) is 38.3 Å². The Morgan fingerprint density at radius 3 is 2.38 bits per heavy atom. The third-order valence-electron chi connectivity index (χ3n) is 5.50. The van der Waals surface area contributed by atoms with Crippen molar-refractivity contribution in [3.05, 3.63) is 72.4 Å². The Morgan fingerprint density at radius 2 is 1.72 bits per heavy atom. The molecule has 1 aliphatic heterocycles. The first-order chi connectivity index (χ1) is 14.2. The maximum Gasteiger partial charge on any atom is 0.228 e. The molecule has 3 aromatic rings. The summed E-state index contributed by atoms with van der Waals surface area (Å²) in [6.45, 7) is 4.92. The van der Waals surface area contributed by atoms with Crippen LogP contribution in [0.4, 0.5) is 5.13 Å². The fourth-order valence-corrected chi connectivity index (χ4v) is 4.94. The molecular formula is C24H27N3OS. The molecule has 4 nitrogen and oxygen atoms in total. The van der Waals surface area contributed by atoms with E-state index in [2.05, 4.69) is 52.3 Å². The highest BCUT2D eigenvalue weighted by atomic mass is 32.1. The van der Waals surface area contributed by atoms with E-state index < -0.39 is 0 Å². The zero-order valence-electron chi connectivity index (χ0n) is 16.8. The maximum absolute atomic E-state index is 12.8. The molecule has 2 heterocycles. The molecule has 1 aromatic heterocycles. The number of aromatic nitrogens is 1. The molecule has 0 atom stereocenters. The first-order valence-corrected chi connectivity index (χ1v) is 11.2. The molecule has 0 aliphatic carbocycles. The summed E-state index contributed by atoms with van der Waals surface area (Å²) in [5, 5.41) is 0.831. The largest absolute Gasteiger partial charge is 0.299 e. The normalized spacial score (nSPS) is 15.3. The summed E-state index contributed by atoms with van der Waals surface area (Å²) < 4.78 is 0. The summed E-state index contributed by atoms with van der Waals surface area (Å²) in [7, 11) is 0. The fraction of sp³-hybridized carbons (Fsp3) is 0.333. The average molecular weight is 406 g/mol. The van der Waals surface area contributed by atoms with Gasteiger partial charge in [0.2, 0.25) is 5.91 Å². The highest BCUT2D eigenvalue weighted by molar-refractivity contribution is 7.19. The van der Waals surface area contributed by atoms with Crippen LogP contribution >= 0.6 is 11.3 Å². The Hall–Kier alpha value is -2.50. The lowest BCUT2D eigenvalue weighted by Gasteiger charge is -2.37. The van der Waals surface area contributed by atoms with Crippen LogP contribution in [-0.2, 0) is 11.3 Å². The minimum absolute atomic E-state index is 0.167. The molecule has 5 heteroatoms. The van der Waals surface area contributed by atoms with Gasteiger partial charge in [-0.05, 0) is 24.0 Å². The van der Waals surface area contributed by atoms with E-state index >= 15 is 0 Å². The molecule has 0 unspecified atom stereocenters. The van der Waals surface area contributed by atoms with E-state index in [4.69, 9.17) is 0 Å². The van der Waals surface area contributed by atoms with Crippen molar-refractivity contribution < 1.29 is 4.79 Å². The summed E-state index contributed by atoms with van der Waals surface area (Å²) in [6, 6.07) is 21.1. The van der Waals surface area contributed by atoms with E-state index in [0.29, 0.717) is 6.42 Å². The van der Waals surface area contributed by atoms with Crippen LogP contribution in [0.25, 0.3) is 10.4 Å². The third kappa shape index (κ3) is 4.74. The fourth-order valence-electron chi connectivity index (χ4n) is 3.93. The van der Waals surface area contributed by atoms with E-state index in [1.54, 1.807) is 11.3 Å². The van der Waals surface area contributed by atoms with Gasteiger partial charge < -0.3 is 0 Å². The van der Waals surface area contributed by atoms with Crippen molar-refractivity contribution in [2.24, 2.45) is 0 Å². The van der Waals surface area contributed by atoms with E-state index in [1.165, 1.54) is 5.56 Å².